The Bertz CT molecular complexity index is 820. The van der Waals surface area contributed by atoms with E-state index in [4.69, 9.17) is 10.5 Å². The summed E-state index contributed by atoms with van der Waals surface area (Å²) in [5.74, 6) is 0.283. The van der Waals surface area contributed by atoms with Crippen LogP contribution >= 0.6 is 0 Å². The topological polar surface area (TPSA) is 97.5 Å². The minimum Gasteiger partial charge on any atom is -0.477 e. The number of anilines is 3. The fraction of sp³-hybridized carbons (Fsp3) is 0.278. The number of nitrogen functional groups attached to an aromatic ring is 1. The number of aromatic nitrogens is 1. The van der Waals surface area contributed by atoms with E-state index in [1.54, 1.807) is 26.0 Å². The van der Waals surface area contributed by atoms with Crippen LogP contribution in [0.4, 0.5) is 17.3 Å². The number of nitrogens with zero attached hydrogens (tertiary/aromatic N) is 2. The van der Waals surface area contributed by atoms with Crippen LogP contribution in [0.3, 0.4) is 0 Å². The average Bonchev–Trinajstić information content (AvgIpc) is 2.58. The summed E-state index contributed by atoms with van der Waals surface area (Å²) < 4.78 is 5.55. The van der Waals surface area contributed by atoms with Gasteiger partial charge in [-0.25, -0.2) is 4.98 Å². The molecule has 3 N–H and O–H groups in total. The van der Waals surface area contributed by atoms with Gasteiger partial charge in [-0.3, -0.25) is 14.5 Å². The Morgan fingerprint density at radius 2 is 1.96 bits per heavy atom. The van der Waals surface area contributed by atoms with E-state index in [2.05, 4.69) is 10.3 Å². The van der Waals surface area contributed by atoms with Gasteiger partial charge in [0.05, 0.1) is 0 Å². The Balaban J connectivity index is 1.88. The van der Waals surface area contributed by atoms with Gasteiger partial charge in [0.25, 0.3) is 5.91 Å². The number of benzene rings is 1. The molecule has 7 nitrogen and oxygen atoms in total. The summed E-state index contributed by atoms with van der Waals surface area (Å²) in [7, 11) is 0. The third kappa shape index (κ3) is 3.26. The van der Waals surface area contributed by atoms with E-state index < -0.39 is 12.1 Å². The normalized spacial score (nSPS) is 17.5. The van der Waals surface area contributed by atoms with E-state index in [1.807, 2.05) is 31.2 Å². The summed E-state index contributed by atoms with van der Waals surface area (Å²) >= 11 is 0. The molecule has 2 aromatic rings. The molecule has 1 aromatic heterocycles. The molecule has 1 aromatic carbocycles. The van der Waals surface area contributed by atoms with Crippen molar-refractivity contribution in [1.82, 2.24) is 4.98 Å². The second-order valence-corrected chi connectivity index (χ2v) is 6.06. The highest BCUT2D eigenvalue weighted by Crippen LogP contribution is 2.34. The maximum Gasteiger partial charge on any atom is 0.269 e. The SMILES string of the molecule is Cc1ccc(NC(=O)C(C)N2C(=O)C(C)Oc3ccc(N)nc32)cc1. The van der Waals surface area contributed by atoms with Crippen LogP contribution in [0.1, 0.15) is 19.4 Å². The molecule has 0 bridgehead atoms. The molecule has 0 radical (unpaired) electrons. The fourth-order valence-electron chi connectivity index (χ4n) is 2.63. The number of amides is 2. The van der Waals surface area contributed by atoms with Gasteiger partial charge in [-0.2, -0.15) is 0 Å². The average molecular weight is 340 g/mol. The van der Waals surface area contributed by atoms with Crippen LogP contribution in [0, 0.1) is 6.92 Å². The van der Waals surface area contributed by atoms with E-state index >= 15 is 0 Å². The minimum atomic E-state index is -0.770. The van der Waals surface area contributed by atoms with E-state index in [9.17, 15) is 9.59 Å². The minimum absolute atomic E-state index is 0.251. The van der Waals surface area contributed by atoms with Crippen molar-refractivity contribution in [2.45, 2.75) is 32.9 Å². The molecule has 0 fully saturated rings. The van der Waals surface area contributed by atoms with Crippen LogP contribution in [-0.4, -0.2) is 28.9 Å². The summed E-state index contributed by atoms with van der Waals surface area (Å²) in [6.07, 6.45) is -0.701. The molecule has 0 aliphatic carbocycles. The van der Waals surface area contributed by atoms with E-state index in [-0.39, 0.29) is 23.5 Å². The lowest BCUT2D eigenvalue weighted by Gasteiger charge is -2.35. The number of rotatable bonds is 3. The Labute approximate surface area is 145 Å². The number of fused-ring (bicyclic) bond motifs is 1. The molecule has 2 amide bonds. The molecule has 2 heterocycles. The van der Waals surface area contributed by atoms with Crippen molar-refractivity contribution in [2.24, 2.45) is 0 Å². The number of aryl methyl sites for hydroxylation is 1. The summed E-state index contributed by atoms with van der Waals surface area (Å²) in [4.78, 5) is 30.7. The monoisotopic (exact) mass is 340 g/mol. The largest absolute Gasteiger partial charge is 0.477 e. The smallest absolute Gasteiger partial charge is 0.269 e. The standard InChI is InChI=1S/C18H20N4O3/c1-10-4-6-13(7-5-10)20-17(23)11(2)22-16-14(8-9-15(19)21-16)25-12(3)18(22)24/h4-9,11-12H,1-3H3,(H2,19,21)(H,20,23). The lowest BCUT2D eigenvalue weighted by molar-refractivity contribution is -0.128. The van der Waals surface area contributed by atoms with E-state index in [1.165, 1.54) is 4.90 Å². The molecule has 0 saturated heterocycles. The van der Waals surface area contributed by atoms with Gasteiger partial charge in [0.15, 0.2) is 17.7 Å². The maximum absolute atomic E-state index is 12.6. The van der Waals surface area contributed by atoms with Crippen LogP contribution < -0.4 is 20.7 Å². The van der Waals surface area contributed by atoms with Crippen LogP contribution in [0.25, 0.3) is 0 Å². The molecule has 3 rings (SSSR count). The van der Waals surface area contributed by atoms with Gasteiger partial charge in [-0.05, 0) is 45.0 Å². The molecule has 1 aliphatic rings. The first-order valence-corrected chi connectivity index (χ1v) is 8.00. The zero-order chi connectivity index (χ0) is 18.1. The Morgan fingerprint density at radius 3 is 2.64 bits per heavy atom. The van der Waals surface area contributed by atoms with Crippen molar-refractivity contribution in [2.75, 3.05) is 16.0 Å². The highest BCUT2D eigenvalue weighted by atomic mass is 16.5. The van der Waals surface area contributed by atoms with Crippen molar-refractivity contribution in [3.05, 3.63) is 42.0 Å². The van der Waals surface area contributed by atoms with Crippen molar-refractivity contribution in [1.29, 1.82) is 0 Å². The van der Waals surface area contributed by atoms with Gasteiger partial charge in [0, 0.05) is 5.69 Å². The van der Waals surface area contributed by atoms with Gasteiger partial charge in [0.1, 0.15) is 11.9 Å². The lowest BCUT2D eigenvalue weighted by atomic mass is 10.1. The molecule has 2 atom stereocenters. The molecule has 0 spiro atoms. The van der Waals surface area contributed by atoms with Gasteiger partial charge >= 0.3 is 0 Å². The number of nitrogens with two attached hydrogens (primary N) is 1. The molecular weight excluding hydrogens is 320 g/mol. The zero-order valence-electron chi connectivity index (χ0n) is 14.3. The first kappa shape index (κ1) is 16.8. The number of carbonyl (C=O) groups is 2. The Morgan fingerprint density at radius 1 is 1.28 bits per heavy atom. The summed E-state index contributed by atoms with van der Waals surface area (Å²) in [6, 6.07) is 9.91. The number of pyridine rings is 1. The van der Waals surface area contributed by atoms with E-state index in [0.29, 0.717) is 11.4 Å². The number of ether oxygens (including phenoxy) is 1. The van der Waals surface area contributed by atoms with Crippen molar-refractivity contribution >= 4 is 29.1 Å². The molecule has 0 saturated carbocycles. The predicted octanol–water partition coefficient (Wildman–Crippen LogP) is 2.11. The number of hydrogen-bond acceptors (Lipinski definition) is 5. The number of nitrogens with one attached hydrogen (secondary N) is 1. The highest BCUT2D eigenvalue weighted by Gasteiger charge is 2.38. The summed E-state index contributed by atoms with van der Waals surface area (Å²) in [5, 5.41) is 2.81. The van der Waals surface area contributed by atoms with Gasteiger partial charge < -0.3 is 15.8 Å². The van der Waals surface area contributed by atoms with Gasteiger partial charge in [-0.1, -0.05) is 17.7 Å². The molecule has 7 heteroatoms. The van der Waals surface area contributed by atoms with Crippen LogP contribution in [0.2, 0.25) is 0 Å². The first-order valence-electron chi connectivity index (χ1n) is 8.00. The van der Waals surface area contributed by atoms with E-state index in [0.717, 1.165) is 5.56 Å². The first-order chi connectivity index (χ1) is 11.9. The fourth-order valence-corrected chi connectivity index (χ4v) is 2.63. The summed E-state index contributed by atoms with van der Waals surface area (Å²) in [5.41, 5.74) is 7.49. The van der Waals surface area contributed by atoms with Crippen LogP contribution in [-0.2, 0) is 9.59 Å². The zero-order valence-corrected chi connectivity index (χ0v) is 14.3. The van der Waals surface area contributed by atoms with Gasteiger partial charge in [-0.15, -0.1) is 0 Å². The van der Waals surface area contributed by atoms with Crippen molar-refractivity contribution in [3.8, 4) is 5.75 Å². The molecule has 25 heavy (non-hydrogen) atoms. The number of hydrogen-bond donors (Lipinski definition) is 2. The second kappa shape index (κ2) is 6.43. The predicted molar refractivity (Wildman–Crippen MR) is 95.5 cm³/mol. The number of carbonyl (C=O) groups excluding carboxylic acids is 2. The van der Waals surface area contributed by atoms with Crippen LogP contribution in [0.15, 0.2) is 36.4 Å². The van der Waals surface area contributed by atoms with Gasteiger partial charge in [0.2, 0.25) is 5.91 Å². The second-order valence-electron chi connectivity index (χ2n) is 6.06. The molecule has 1 aliphatic heterocycles. The lowest BCUT2D eigenvalue weighted by Crippen LogP contribution is -2.53. The maximum atomic E-state index is 12.6. The quantitative estimate of drug-likeness (QED) is 0.892. The third-order valence-electron chi connectivity index (χ3n) is 4.06. The molecule has 130 valence electrons. The Hall–Kier alpha value is -3.09. The third-order valence-corrected chi connectivity index (χ3v) is 4.06. The summed E-state index contributed by atoms with van der Waals surface area (Å²) in [6.45, 7) is 5.25. The van der Waals surface area contributed by atoms with Crippen LogP contribution in [0.5, 0.6) is 5.75 Å². The van der Waals surface area contributed by atoms with Crippen molar-refractivity contribution in [3.63, 3.8) is 0 Å². The molecular formula is C18H20N4O3. The highest BCUT2D eigenvalue weighted by molar-refractivity contribution is 6.07. The Kier molecular flexibility index (Phi) is 4.31. The molecule has 2 unspecified atom stereocenters. The van der Waals surface area contributed by atoms with Crippen molar-refractivity contribution < 1.29 is 14.3 Å².